The van der Waals surface area contributed by atoms with Crippen LogP contribution in [0.25, 0.3) is 0 Å². The molecule has 0 unspecified atom stereocenters. The largest absolute Gasteiger partial charge is 0.353 e. The van der Waals surface area contributed by atoms with Gasteiger partial charge in [0.2, 0.25) is 10.0 Å². The van der Waals surface area contributed by atoms with Crippen molar-refractivity contribution < 1.29 is 12.8 Å². The molecule has 7 heteroatoms. The van der Waals surface area contributed by atoms with Crippen LogP contribution in [0.3, 0.4) is 0 Å². The van der Waals surface area contributed by atoms with Crippen molar-refractivity contribution in [3.8, 4) is 0 Å². The van der Waals surface area contributed by atoms with Crippen LogP contribution in [-0.2, 0) is 17.1 Å². The summed E-state index contributed by atoms with van der Waals surface area (Å²) in [5, 5.41) is 0. The van der Waals surface area contributed by atoms with Crippen molar-refractivity contribution in [2.75, 3.05) is 20.6 Å². The van der Waals surface area contributed by atoms with Gasteiger partial charge in [0.05, 0.1) is 10.9 Å². The molecule has 1 heterocycles. The summed E-state index contributed by atoms with van der Waals surface area (Å²) >= 11 is 0. The SMILES string of the molecule is CN(C)[C@H](CNS(=O)(=O)c1cccc(F)c1)c1cccn1C. The van der Waals surface area contributed by atoms with E-state index in [4.69, 9.17) is 0 Å². The van der Waals surface area contributed by atoms with Gasteiger partial charge in [-0.1, -0.05) is 6.07 Å². The van der Waals surface area contributed by atoms with Crippen LogP contribution in [0, 0.1) is 5.82 Å². The number of rotatable bonds is 6. The number of hydrogen-bond donors (Lipinski definition) is 1. The molecule has 5 nitrogen and oxygen atoms in total. The molecule has 2 rings (SSSR count). The van der Waals surface area contributed by atoms with Crippen molar-refractivity contribution >= 4 is 10.0 Å². The number of aryl methyl sites for hydroxylation is 1. The van der Waals surface area contributed by atoms with E-state index in [0.717, 1.165) is 11.8 Å². The van der Waals surface area contributed by atoms with Crippen molar-refractivity contribution in [2.45, 2.75) is 10.9 Å². The zero-order valence-electron chi connectivity index (χ0n) is 12.8. The Labute approximate surface area is 130 Å². The van der Waals surface area contributed by atoms with Crippen LogP contribution in [-0.4, -0.2) is 38.5 Å². The van der Waals surface area contributed by atoms with E-state index in [2.05, 4.69) is 4.72 Å². The number of benzene rings is 1. The second-order valence-corrected chi connectivity index (χ2v) is 7.10. The Morgan fingerprint density at radius 1 is 1.27 bits per heavy atom. The standard InChI is InChI=1S/C15H20FN3O2S/c1-18(2)15(14-8-5-9-19(14)3)11-17-22(20,21)13-7-4-6-12(16)10-13/h4-10,15,17H,11H2,1-3H3/t15-/m1/s1. The maximum absolute atomic E-state index is 13.2. The van der Waals surface area contributed by atoms with Crippen LogP contribution in [0.5, 0.6) is 0 Å². The van der Waals surface area contributed by atoms with Gasteiger partial charge in [-0.3, -0.25) is 4.90 Å². The average Bonchev–Trinajstić information content (AvgIpc) is 2.85. The molecular formula is C15H20FN3O2S. The number of nitrogens with zero attached hydrogens (tertiary/aromatic N) is 2. The summed E-state index contributed by atoms with van der Waals surface area (Å²) in [7, 11) is 1.93. The van der Waals surface area contributed by atoms with Crippen LogP contribution < -0.4 is 4.72 Å². The molecule has 0 aliphatic rings. The monoisotopic (exact) mass is 325 g/mol. The molecule has 120 valence electrons. The van der Waals surface area contributed by atoms with Gasteiger partial charge in [0, 0.05) is 25.5 Å². The topological polar surface area (TPSA) is 54.3 Å². The predicted octanol–water partition coefficient (Wildman–Crippen LogP) is 1.75. The molecule has 0 spiro atoms. The highest BCUT2D eigenvalue weighted by atomic mass is 32.2. The van der Waals surface area contributed by atoms with Crippen LogP contribution in [0.4, 0.5) is 4.39 Å². The average molecular weight is 325 g/mol. The maximum Gasteiger partial charge on any atom is 0.240 e. The third-order valence-corrected chi connectivity index (χ3v) is 4.94. The molecule has 1 aromatic heterocycles. The second kappa shape index (κ2) is 6.60. The van der Waals surface area contributed by atoms with Gasteiger partial charge < -0.3 is 4.57 Å². The Morgan fingerprint density at radius 2 is 2.00 bits per heavy atom. The number of hydrogen-bond acceptors (Lipinski definition) is 3. The molecule has 0 radical (unpaired) electrons. The molecule has 0 amide bonds. The zero-order chi connectivity index (χ0) is 16.3. The van der Waals surface area contributed by atoms with Gasteiger partial charge in [0.15, 0.2) is 0 Å². The maximum atomic E-state index is 13.2. The van der Waals surface area contributed by atoms with E-state index in [1.54, 1.807) is 0 Å². The van der Waals surface area contributed by atoms with Crippen molar-refractivity contribution in [1.29, 1.82) is 0 Å². The molecule has 0 fully saturated rings. The molecule has 2 aromatic rings. The summed E-state index contributed by atoms with van der Waals surface area (Å²) in [6, 6.07) is 8.71. The second-order valence-electron chi connectivity index (χ2n) is 5.33. The summed E-state index contributed by atoms with van der Waals surface area (Å²) in [4.78, 5) is 1.86. The molecule has 0 aliphatic heterocycles. The molecular weight excluding hydrogens is 305 g/mol. The van der Waals surface area contributed by atoms with Crippen molar-refractivity contribution in [2.24, 2.45) is 7.05 Å². The smallest absolute Gasteiger partial charge is 0.240 e. The lowest BCUT2D eigenvalue weighted by atomic mass is 10.2. The van der Waals surface area contributed by atoms with Crippen LogP contribution in [0.2, 0.25) is 0 Å². The Kier molecular flexibility index (Phi) is 5.00. The molecule has 0 bridgehead atoms. The number of nitrogens with one attached hydrogen (secondary N) is 1. The first kappa shape index (κ1) is 16.7. The van der Waals surface area contributed by atoms with Gasteiger partial charge >= 0.3 is 0 Å². The fourth-order valence-electron chi connectivity index (χ4n) is 2.28. The van der Waals surface area contributed by atoms with Gasteiger partial charge in [0.25, 0.3) is 0 Å². The van der Waals surface area contributed by atoms with Gasteiger partial charge in [0.1, 0.15) is 5.82 Å². The highest BCUT2D eigenvalue weighted by molar-refractivity contribution is 7.89. The first-order valence-corrected chi connectivity index (χ1v) is 8.32. The van der Waals surface area contributed by atoms with E-state index in [1.165, 1.54) is 18.2 Å². The summed E-state index contributed by atoms with van der Waals surface area (Å²) in [6.45, 7) is 0.198. The van der Waals surface area contributed by atoms with Crippen molar-refractivity contribution in [3.05, 3.63) is 54.1 Å². The molecule has 22 heavy (non-hydrogen) atoms. The Bertz CT molecular complexity index is 741. The lowest BCUT2D eigenvalue weighted by Gasteiger charge is -2.25. The Morgan fingerprint density at radius 3 is 2.55 bits per heavy atom. The summed E-state index contributed by atoms with van der Waals surface area (Å²) in [6.07, 6.45) is 1.91. The number of halogens is 1. The lowest BCUT2D eigenvalue weighted by molar-refractivity contribution is 0.289. The number of likely N-dealkylation sites (N-methyl/N-ethyl adjacent to an activating group) is 1. The van der Waals surface area contributed by atoms with Crippen LogP contribution in [0.1, 0.15) is 11.7 Å². The fraction of sp³-hybridized carbons (Fsp3) is 0.333. The van der Waals surface area contributed by atoms with E-state index in [9.17, 15) is 12.8 Å². The lowest BCUT2D eigenvalue weighted by Crippen LogP contribution is -2.35. The van der Waals surface area contributed by atoms with Gasteiger partial charge in [-0.05, 0) is 44.4 Å². The summed E-state index contributed by atoms with van der Waals surface area (Å²) in [5.74, 6) is -0.575. The number of sulfonamides is 1. The fourth-order valence-corrected chi connectivity index (χ4v) is 3.35. The minimum absolute atomic E-state index is 0.0723. The third-order valence-electron chi connectivity index (χ3n) is 3.52. The minimum Gasteiger partial charge on any atom is -0.353 e. The van der Waals surface area contributed by atoms with E-state index < -0.39 is 15.8 Å². The minimum atomic E-state index is -3.74. The van der Waals surface area contributed by atoms with Crippen molar-refractivity contribution in [3.63, 3.8) is 0 Å². The molecule has 0 saturated carbocycles. The van der Waals surface area contributed by atoms with Crippen LogP contribution in [0.15, 0.2) is 47.5 Å². The Balaban J connectivity index is 2.18. The zero-order valence-corrected chi connectivity index (χ0v) is 13.6. The van der Waals surface area contributed by atoms with Gasteiger partial charge in [-0.25, -0.2) is 17.5 Å². The molecule has 1 aromatic carbocycles. The molecule has 0 saturated heterocycles. The quantitative estimate of drug-likeness (QED) is 0.880. The van der Waals surface area contributed by atoms with E-state index in [1.807, 2.05) is 48.9 Å². The van der Waals surface area contributed by atoms with Crippen LogP contribution >= 0.6 is 0 Å². The Hall–Kier alpha value is -1.70. The summed E-state index contributed by atoms with van der Waals surface area (Å²) < 4.78 is 42.2. The molecule has 1 N–H and O–H groups in total. The molecule has 0 aliphatic carbocycles. The van der Waals surface area contributed by atoms with Gasteiger partial charge in [-0.15, -0.1) is 0 Å². The van der Waals surface area contributed by atoms with E-state index in [0.29, 0.717) is 0 Å². The highest BCUT2D eigenvalue weighted by Crippen LogP contribution is 2.18. The van der Waals surface area contributed by atoms with E-state index >= 15 is 0 Å². The third kappa shape index (κ3) is 3.73. The normalized spacial score (nSPS) is 13.5. The summed E-state index contributed by atoms with van der Waals surface area (Å²) in [5.41, 5.74) is 0.993. The number of aromatic nitrogens is 1. The first-order chi connectivity index (χ1) is 10.3. The van der Waals surface area contributed by atoms with E-state index in [-0.39, 0.29) is 17.5 Å². The highest BCUT2D eigenvalue weighted by Gasteiger charge is 2.21. The van der Waals surface area contributed by atoms with Gasteiger partial charge in [-0.2, -0.15) is 0 Å². The molecule has 1 atom stereocenters. The predicted molar refractivity (Wildman–Crippen MR) is 83.4 cm³/mol. The first-order valence-electron chi connectivity index (χ1n) is 6.84. The van der Waals surface area contributed by atoms with Crippen molar-refractivity contribution in [1.82, 2.24) is 14.2 Å².